The minimum Gasteiger partial charge on any atom is -0.497 e. The molecule has 1 saturated heterocycles. The third-order valence-corrected chi connectivity index (χ3v) is 3.55. The molecule has 0 atom stereocenters. The Morgan fingerprint density at radius 3 is 2.56 bits per heavy atom. The lowest BCUT2D eigenvalue weighted by Crippen LogP contribution is -2.60. The second kappa shape index (κ2) is 4.26. The molecule has 0 aliphatic carbocycles. The normalized spacial score (nSPS) is 17.4. The van der Waals surface area contributed by atoms with E-state index in [2.05, 4.69) is 29.6 Å². The van der Waals surface area contributed by atoms with E-state index in [1.807, 2.05) is 12.1 Å². The molecule has 0 bridgehead atoms. The van der Waals surface area contributed by atoms with Crippen molar-refractivity contribution in [2.75, 3.05) is 20.2 Å². The van der Waals surface area contributed by atoms with Crippen LogP contribution in [0.5, 0.6) is 5.75 Å². The van der Waals surface area contributed by atoms with Gasteiger partial charge in [-0.2, -0.15) is 0 Å². The standard InChI is InChI=1S/C15H17NO2/c1-18-14-5-4-12-6-11(2-3-13(12)7-14)8-15(17)9-16-10-15/h2-7,16-17H,8-10H2,1H3. The van der Waals surface area contributed by atoms with Crippen LogP contribution in [0, 0.1) is 0 Å². The Bertz CT molecular complexity index is 576. The van der Waals surface area contributed by atoms with Crippen molar-refractivity contribution in [2.45, 2.75) is 12.0 Å². The molecule has 1 aliphatic rings. The van der Waals surface area contributed by atoms with Crippen LogP contribution in [0.1, 0.15) is 5.56 Å². The first-order valence-corrected chi connectivity index (χ1v) is 6.18. The summed E-state index contributed by atoms with van der Waals surface area (Å²) in [6.07, 6.45) is 0.710. The Kier molecular flexibility index (Phi) is 2.73. The molecule has 1 heterocycles. The molecule has 3 nitrogen and oxygen atoms in total. The molecular formula is C15H17NO2. The number of rotatable bonds is 3. The zero-order valence-electron chi connectivity index (χ0n) is 10.4. The van der Waals surface area contributed by atoms with Gasteiger partial charge in [-0.15, -0.1) is 0 Å². The first-order valence-electron chi connectivity index (χ1n) is 6.18. The zero-order valence-corrected chi connectivity index (χ0v) is 10.4. The molecule has 3 heteroatoms. The van der Waals surface area contributed by atoms with Crippen LogP contribution in [0.3, 0.4) is 0 Å². The quantitative estimate of drug-likeness (QED) is 0.862. The second-order valence-corrected chi connectivity index (χ2v) is 5.05. The predicted molar refractivity (Wildman–Crippen MR) is 72.0 cm³/mol. The fourth-order valence-corrected chi connectivity index (χ4v) is 2.43. The maximum atomic E-state index is 10.1. The highest BCUT2D eigenvalue weighted by Gasteiger charge is 2.34. The summed E-state index contributed by atoms with van der Waals surface area (Å²) in [6.45, 7) is 1.38. The van der Waals surface area contributed by atoms with E-state index >= 15 is 0 Å². The Hall–Kier alpha value is -1.58. The van der Waals surface area contributed by atoms with Crippen LogP contribution in [0.4, 0.5) is 0 Å². The lowest BCUT2D eigenvalue weighted by Gasteiger charge is -2.37. The van der Waals surface area contributed by atoms with E-state index in [1.165, 1.54) is 10.9 Å². The third kappa shape index (κ3) is 2.07. The van der Waals surface area contributed by atoms with Gasteiger partial charge >= 0.3 is 0 Å². The van der Waals surface area contributed by atoms with Gasteiger partial charge in [-0.3, -0.25) is 0 Å². The van der Waals surface area contributed by atoms with Gasteiger partial charge in [0.15, 0.2) is 0 Å². The summed E-state index contributed by atoms with van der Waals surface area (Å²) >= 11 is 0. The van der Waals surface area contributed by atoms with E-state index in [1.54, 1.807) is 7.11 Å². The predicted octanol–water partition coefficient (Wildman–Crippen LogP) is 1.73. The number of benzene rings is 2. The number of fused-ring (bicyclic) bond motifs is 1. The number of aliphatic hydroxyl groups is 1. The lowest BCUT2D eigenvalue weighted by molar-refractivity contribution is -0.00899. The lowest BCUT2D eigenvalue weighted by atomic mass is 9.88. The molecular weight excluding hydrogens is 226 g/mol. The van der Waals surface area contributed by atoms with Crippen molar-refractivity contribution in [2.24, 2.45) is 0 Å². The first-order chi connectivity index (χ1) is 8.68. The van der Waals surface area contributed by atoms with Crippen molar-refractivity contribution in [1.82, 2.24) is 5.32 Å². The molecule has 0 unspecified atom stereocenters. The summed E-state index contributed by atoms with van der Waals surface area (Å²) in [5, 5.41) is 15.6. The molecule has 0 aromatic heterocycles. The molecule has 3 rings (SSSR count). The highest BCUT2D eigenvalue weighted by molar-refractivity contribution is 5.84. The van der Waals surface area contributed by atoms with Crippen molar-refractivity contribution in [1.29, 1.82) is 0 Å². The van der Waals surface area contributed by atoms with Gasteiger partial charge in [0.25, 0.3) is 0 Å². The molecule has 1 fully saturated rings. The largest absolute Gasteiger partial charge is 0.497 e. The molecule has 2 aromatic carbocycles. The van der Waals surface area contributed by atoms with Gasteiger partial charge in [0.05, 0.1) is 12.7 Å². The molecule has 2 aromatic rings. The molecule has 1 aliphatic heterocycles. The van der Waals surface area contributed by atoms with Crippen LogP contribution < -0.4 is 10.1 Å². The van der Waals surface area contributed by atoms with E-state index < -0.39 is 5.60 Å². The summed E-state index contributed by atoms with van der Waals surface area (Å²) in [5.74, 6) is 0.872. The highest BCUT2D eigenvalue weighted by atomic mass is 16.5. The summed E-state index contributed by atoms with van der Waals surface area (Å²) < 4.78 is 5.21. The maximum absolute atomic E-state index is 10.1. The first kappa shape index (κ1) is 11.5. The van der Waals surface area contributed by atoms with Gasteiger partial charge in [0, 0.05) is 19.5 Å². The fourth-order valence-electron chi connectivity index (χ4n) is 2.43. The number of hydrogen-bond acceptors (Lipinski definition) is 3. The van der Waals surface area contributed by atoms with Crippen molar-refractivity contribution in [3.05, 3.63) is 42.0 Å². The van der Waals surface area contributed by atoms with E-state index in [0.29, 0.717) is 19.5 Å². The molecule has 0 amide bonds. The van der Waals surface area contributed by atoms with Crippen LogP contribution in [-0.2, 0) is 6.42 Å². The number of β-amino-alcohol motifs (C(OH)–C–C–N with tert-alkyl or cyclic N) is 1. The Labute approximate surface area is 106 Å². The third-order valence-electron chi connectivity index (χ3n) is 3.55. The van der Waals surface area contributed by atoms with Gasteiger partial charge in [0.1, 0.15) is 5.75 Å². The minimum absolute atomic E-state index is 0.555. The van der Waals surface area contributed by atoms with Crippen molar-refractivity contribution in [3.63, 3.8) is 0 Å². The molecule has 0 radical (unpaired) electrons. The van der Waals surface area contributed by atoms with Crippen molar-refractivity contribution < 1.29 is 9.84 Å². The smallest absolute Gasteiger partial charge is 0.119 e. The van der Waals surface area contributed by atoms with E-state index in [-0.39, 0.29) is 0 Å². The van der Waals surface area contributed by atoms with Gasteiger partial charge in [-0.05, 0) is 28.5 Å². The average molecular weight is 243 g/mol. The van der Waals surface area contributed by atoms with Crippen molar-refractivity contribution >= 4 is 10.8 Å². The van der Waals surface area contributed by atoms with Crippen molar-refractivity contribution in [3.8, 4) is 5.75 Å². The van der Waals surface area contributed by atoms with Gasteiger partial charge in [0.2, 0.25) is 0 Å². The zero-order chi connectivity index (χ0) is 12.6. The van der Waals surface area contributed by atoms with Gasteiger partial charge in [-0.1, -0.05) is 24.3 Å². The SMILES string of the molecule is COc1ccc2cc(CC3(O)CNC3)ccc2c1. The Balaban J connectivity index is 1.91. The maximum Gasteiger partial charge on any atom is 0.119 e. The van der Waals surface area contributed by atoms with E-state index in [9.17, 15) is 5.11 Å². The molecule has 18 heavy (non-hydrogen) atoms. The molecule has 94 valence electrons. The number of methoxy groups -OCH3 is 1. The van der Waals surface area contributed by atoms with Gasteiger partial charge in [-0.25, -0.2) is 0 Å². The summed E-state index contributed by atoms with van der Waals surface area (Å²) in [4.78, 5) is 0. The molecule has 0 saturated carbocycles. The average Bonchev–Trinajstić information content (AvgIpc) is 2.36. The number of ether oxygens (including phenoxy) is 1. The fraction of sp³-hybridized carbons (Fsp3) is 0.333. The minimum atomic E-state index is -0.555. The van der Waals surface area contributed by atoms with E-state index in [4.69, 9.17) is 4.74 Å². The highest BCUT2D eigenvalue weighted by Crippen LogP contribution is 2.24. The summed E-state index contributed by atoms with van der Waals surface area (Å²) in [6, 6.07) is 12.4. The van der Waals surface area contributed by atoms with Crippen LogP contribution in [0.25, 0.3) is 10.8 Å². The summed E-state index contributed by atoms with van der Waals surface area (Å²) in [7, 11) is 1.68. The molecule has 2 N–H and O–H groups in total. The number of hydrogen-bond donors (Lipinski definition) is 2. The summed E-state index contributed by atoms with van der Waals surface area (Å²) in [5.41, 5.74) is 0.622. The van der Waals surface area contributed by atoms with Crippen LogP contribution >= 0.6 is 0 Å². The van der Waals surface area contributed by atoms with Crippen LogP contribution in [-0.4, -0.2) is 30.9 Å². The van der Waals surface area contributed by atoms with Gasteiger partial charge < -0.3 is 15.2 Å². The number of nitrogens with one attached hydrogen (secondary N) is 1. The van der Waals surface area contributed by atoms with Crippen LogP contribution in [0.2, 0.25) is 0 Å². The second-order valence-electron chi connectivity index (χ2n) is 5.05. The monoisotopic (exact) mass is 243 g/mol. The van der Waals surface area contributed by atoms with Crippen LogP contribution in [0.15, 0.2) is 36.4 Å². The Morgan fingerprint density at radius 2 is 1.89 bits per heavy atom. The Morgan fingerprint density at radius 1 is 1.17 bits per heavy atom. The van der Waals surface area contributed by atoms with E-state index in [0.717, 1.165) is 11.1 Å². The topological polar surface area (TPSA) is 41.5 Å². The molecule has 0 spiro atoms.